The van der Waals surface area contributed by atoms with E-state index in [1.165, 1.54) is 0 Å². The molecule has 0 aromatic heterocycles. The fourth-order valence-corrected chi connectivity index (χ4v) is 5.54. The minimum Gasteiger partial charge on any atom is -0.334 e. The SMILES string of the molecule is CCCN(C(=O)c1cc(S(=O)(=O)N2CCCCC2)ccc1C)C1CCNC1.Cl. The predicted molar refractivity (Wildman–Crippen MR) is 114 cm³/mol. The maximum atomic E-state index is 13.3. The van der Waals surface area contributed by atoms with E-state index in [0.717, 1.165) is 50.8 Å². The molecule has 6 nitrogen and oxygen atoms in total. The summed E-state index contributed by atoms with van der Waals surface area (Å²) >= 11 is 0. The predicted octanol–water partition coefficient (Wildman–Crippen LogP) is 2.81. The molecule has 0 spiro atoms. The molecule has 0 bridgehead atoms. The largest absolute Gasteiger partial charge is 0.334 e. The number of hydrogen-bond donors (Lipinski definition) is 1. The Labute approximate surface area is 175 Å². The Morgan fingerprint density at radius 3 is 2.57 bits per heavy atom. The first-order valence-electron chi connectivity index (χ1n) is 10.1. The van der Waals surface area contributed by atoms with Gasteiger partial charge in [-0.3, -0.25) is 4.79 Å². The summed E-state index contributed by atoms with van der Waals surface area (Å²) in [5.74, 6) is -0.0567. The van der Waals surface area contributed by atoms with Crippen LogP contribution < -0.4 is 5.32 Å². The monoisotopic (exact) mass is 429 g/mol. The Bertz CT molecular complexity index is 773. The Balaban J connectivity index is 0.00000280. The van der Waals surface area contributed by atoms with E-state index in [2.05, 4.69) is 12.2 Å². The summed E-state index contributed by atoms with van der Waals surface area (Å²) in [6.45, 7) is 7.48. The van der Waals surface area contributed by atoms with Crippen molar-refractivity contribution in [2.24, 2.45) is 0 Å². The summed E-state index contributed by atoms with van der Waals surface area (Å²) in [5, 5.41) is 3.31. The fourth-order valence-electron chi connectivity index (χ4n) is 4.00. The van der Waals surface area contributed by atoms with Gasteiger partial charge < -0.3 is 10.2 Å². The summed E-state index contributed by atoms with van der Waals surface area (Å²) in [6, 6.07) is 5.17. The lowest BCUT2D eigenvalue weighted by atomic mass is 10.1. The number of nitrogens with zero attached hydrogens (tertiary/aromatic N) is 2. The summed E-state index contributed by atoms with van der Waals surface area (Å²) in [4.78, 5) is 15.4. The van der Waals surface area contributed by atoms with Crippen LogP contribution in [0.5, 0.6) is 0 Å². The highest BCUT2D eigenvalue weighted by Crippen LogP contribution is 2.24. The molecule has 0 radical (unpaired) electrons. The molecule has 158 valence electrons. The highest BCUT2D eigenvalue weighted by molar-refractivity contribution is 7.89. The van der Waals surface area contributed by atoms with E-state index in [9.17, 15) is 13.2 Å². The summed E-state index contributed by atoms with van der Waals surface area (Å²) < 4.78 is 27.6. The van der Waals surface area contributed by atoms with Crippen LogP contribution in [0.2, 0.25) is 0 Å². The molecule has 3 rings (SSSR count). The quantitative estimate of drug-likeness (QED) is 0.754. The van der Waals surface area contributed by atoms with Gasteiger partial charge in [0.05, 0.1) is 4.90 Å². The van der Waals surface area contributed by atoms with Crippen molar-refractivity contribution in [1.29, 1.82) is 0 Å². The van der Waals surface area contributed by atoms with E-state index in [4.69, 9.17) is 0 Å². The number of carbonyl (C=O) groups excluding carboxylic acids is 1. The molecule has 0 aliphatic carbocycles. The Kier molecular flexibility index (Phi) is 8.30. The number of benzene rings is 1. The fraction of sp³-hybridized carbons (Fsp3) is 0.650. The molecular weight excluding hydrogens is 398 g/mol. The van der Waals surface area contributed by atoms with Gasteiger partial charge in [0, 0.05) is 37.8 Å². The van der Waals surface area contributed by atoms with Gasteiger partial charge in [0.2, 0.25) is 10.0 Å². The van der Waals surface area contributed by atoms with Crippen molar-refractivity contribution in [1.82, 2.24) is 14.5 Å². The molecule has 2 aliphatic rings. The molecule has 1 amide bonds. The number of hydrogen-bond acceptors (Lipinski definition) is 4. The van der Waals surface area contributed by atoms with Gasteiger partial charge in [-0.2, -0.15) is 4.31 Å². The third kappa shape index (κ3) is 4.87. The molecule has 2 saturated heterocycles. The number of aryl methyl sites for hydroxylation is 1. The van der Waals surface area contributed by atoms with Crippen LogP contribution in [0.15, 0.2) is 23.1 Å². The lowest BCUT2D eigenvalue weighted by molar-refractivity contribution is 0.0691. The molecule has 1 unspecified atom stereocenters. The maximum Gasteiger partial charge on any atom is 0.254 e. The second-order valence-corrected chi connectivity index (χ2v) is 9.52. The van der Waals surface area contributed by atoms with Crippen LogP contribution in [0.1, 0.15) is 54.9 Å². The third-order valence-electron chi connectivity index (χ3n) is 5.59. The molecule has 2 heterocycles. The number of piperidine rings is 1. The smallest absolute Gasteiger partial charge is 0.254 e. The van der Waals surface area contributed by atoms with Gasteiger partial charge in [0.15, 0.2) is 0 Å². The summed E-state index contributed by atoms with van der Waals surface area (Å²) in [7, 11) is -3.54. The van der Waals surface area contributed by atoms with Crippen LogP contribution in [0, 0.1) is 6.92 Å². The minimum atomic E-state index is -3.54. The summed E-state index contributed by atoms with van der Waals surface area (Å²) in [6.07, 6.45) is 4.69. The van der Waals surface area contributed by atoms with Gasteiger partial charge in [-0.25, -0.2) is 8.42 Å². The van der Waals surface area contributed by atoms with Crippen molar-refractivity contribution >= 4 is 28.3 Å². The van der Waals surface area contributed by atoms with E-state index < -0.39 is 10.0 Å². The van der Waals surface area contributed by atoms with Crippen molar-refractivity contribution in [3.8, 4) is 0 Å². The van der Waals surface area contributed by atoms with Crippen LogP contribution in [-0.2, 0) is 10.0 Å². The van der Waals surface area contributed by atoms with Gasteiger partial charge in [-0.1, -0.05) is 19.4 Å². The van der Waals surface area contributed by atoms with E-state index in [0.29, 0.717) is 25.2 Å². The van der Waals surface area contributed by atoms with Crippen LogP contribution >= 0.6 is 12.4 Å². The zero-order chi connectivity index (χ0) is 19.4. The highest BCUT2D eigenvalue weighted by atomic mass is 35.5. The number of halogens is 1. The van der Waals surface area contributed by atoms with Crippen LogP contribution in [0.4, 0.5) is 0 Å². The van der Waals surface area contributed by atoms with Crippen molar-refractivity contribution in [2.75, 3.05) is 32.7 Å². The Hall–Kier alpha value is -1.15. The van der Waals surface area contributed by atoms with E-state index in [-0.39, 0.29) is 29.3 Å². The molecule has 1 aromatic carbocycles. The first kappa shape index (κ1) is 23.1. The molecular formula is C20H32ClN3O3S. The highest BCUT2D eigenvalue weighted by Gasteiger charge is 2.30. The maximum absolute atomic E-state index is 13.3. The molecule has 1 aromatic rings. The molecule has 2 aliphatic heterocycles. The first-order chi connectivity index (χ1) is 12.9. The second-order valence-electron chi connectivity index (χ2n) is 7.59. The average molecular weight is 430 g/mol. The second kappa shape index (κ2) is 10.1. The zero-order valence-electron chi connectivity index (χ0n) is 16.8. The molecule has 8 heteroatoms. The van der Waals surface area contributed by atoms with Gasteiger partial charge in [-0.05, 0) is 56.8 Å². The van der Waals surface area contributed by atoms with Gasteiger partial charge in [-0.15, -0.1) is 12.4 Å². The number of carbonyl (C=O) groups is 1. The summed E-state index contributed by atoms with van der Waals surface area (Å²) in [5.41, 5.74) is 1.33. The lowest BCUT2D eigenvalue weighted by Gasteiger charge is -2.29. The molecule has 2 fully saturated rings. The van der Waals surface area contributed by atoms with E-state index in [1.54, 1.807) is 22.5 Å². The van der Waals surface area contributed by atoms with Crippen molar-refractivity contribution in [2.45, 2.75) is 56.9 Å². The first-order valence-corrected chi connectivity index (χ1v) is 11.5. The lowest BCUT2D eigenvalue weighted by Crippen LogP contribution is -2.42. The third-order valence-corrected chi connectivity index (χ3v) is 7.49. The number of rotatable bonds is 6. The van der Waals surface area contributed by atoms with Gasteiger partial charge in [0.25, 0.3) is 5.91 Å². The van der Waals surface area contributed by atoms with E-state index >= 15 is 0 Å². The minimum absolute atomic E-state index is 0. The number of amides is 1. The van der Waals surface area contributed by atoms with Crippen LogP contribution in [0.3, 0.4) is 0 Å². The molecule has 1 atom stereocenters. The number of sulfonamides is 1. The molecule has 0 saturated carbocycles. The normalized spacial score (nSPS) is 20.6. The van der Waals surface area contributed by atoms with Crippen molar-refractivity contribution in [3.05, 3.63) is 29.3 Å². The van der Waals surface area contributed by atoms with Gasteiger partial charge in [0.1, 0.15) is 0 Å². The van der Waals surface area contributed by atoms with Crippen molar-refractivity contribution in [3.63, 3.8) is 0 Å². The number of nitrogens with one attached hydrogen (secondary N) is 1. The van der Waals surface area contributed by atoms with Crippen molar-refractivity contribution < 1.29 is 13.2 Å². The zero-order valence-corrected chi connectivity index (χ0v) is 18.4. The standard InChI is InChI=1S/C20H31N3O3S.ClH/c1-3-11-23(17-9-10-21-15-17)20(24)19-14-18(8-7-16(19)2)27(25,26)22-12-5-4-6-13-22;/h7-8,14,17,21H,3-6,9-13,15H2,1-2H3;1H. The van der Waals surface area contributed by atoms with Crippen LogP contribution in [0.25, 0.3) is 0 Å². The molecule has 1 N–H and O–H groups in total. The van der Waals surface area contributed by atoms with E-state index in [1.807, 2.05) is 11.8 Å². The Morgan fingerprint density at radius 2 is 1.96 bits per heavy atom. The average Bonchev–Trinajstić information content (AvgIpc) is 3.21. The Morgan fingerprint density at radius 1 is 1.25 bits per heavy atom. The molecule has 28 heavy (non-hydrogen) atoms. The van der Waals surface area contributed by atoms with Crippen LogP contribution in [-0.4, -0.2) is 62.3 Å². The van der Waals surface area contributed by atoms with Gasteiger partial charge >= 0.3 is 0 Å². The topological polar surface area (TPSA) is 69.7 Å².